The summed E-state index contributed by atoms with van der Waals surface area (Å²) in [6, 6.07) is 9.80. The molecule has 0 saturated heterocycles. The number of hydrogen-bond acceptors (Lipinski definition) is 1. The van der Waals surface area contributed by atoms with Crippen molar-refractivity contribution >= 4 is 23.2 Å². The van der Waals surface area contributed by atoms with Gasteiger partial charge in [0.1, 0.15) is 0 Å². The summed E-state index contributed by atoms with van der Waals surface area (Å²) >= 11 is 12.0. The van der Waals surface area contributed by atoms with Crippen molar-refractivity contribution in [2.75, 3.05) is 5.88 Å². The van der Waals surface area contributed by atoms with Gasteiger partial charge in [0.2, 0.25) is 0 Å². The molecule has 2 rings (SSSR count). The molecule has 0 amide bonds. The molecule has 0 aliphatic heterocycles. The molecule has 0 radical (unpaired) electrons. The number of rotatable bonds is 4. The molecule has 1 aromatic heterocycles. The molecular weight excluding hydrogens is 243 g/mol. The van der Waals surface area contributed by atoms with Gasteiger partial charge < -0.3 is 4.42 Å². The van der Waals surface area contributed by atoms with Crippen molar-refractivity contribution in [1.82, 2.24) is 0 Å². The summed E-state index contributed by atoms with van der Waals surface area (Å²) in [5.74, 6) is 0.851. The van der Waals surface area contributed by atoms with E-state index in [0.717, 1.165) is 17.0 Å². The molecule has 0 bridgehead atoms. The van der Waals surface area contributed by atoms with E-state index in [1.165, 1.54) is 5.56 Å². The van der Waals surface area contributed by atoms with Gasteiger partial charge in [-0.15, -0.1) is 11.6 Å². The van der Waals surface area contributed by atoms with Gasteiger partial charge in [0.15, 0.2) is 0 Å². The Labute approximate surface area is 105 Å². The molecule has 2 aromatic rings. The van der Waals surface area contributed by atoms with Crippen LogP contribution in [0.25, 0.3) is 0 Å². The van der Waals surface area contributed by atoms with Crippen LogP contribution in [0.3, 0.4) is 0 Å². The van der Waals surface area contributed by atoms with E-state index in [-0.39, 0.29) is 5.92 Å². The van der Waals surface area contributed by atoms with E-state index in [1.807, 2.05) is 24.3 Å². The standard InChI is InChI=1S/C13H12Cl2O/c14-8-12(6-10-4-5-16-9-10)11-2-1-3-13(15)7-11/h1-5,7,9,12H,6,8H2. The minimum Gasteiger partial charge on any atom is -0.472 e. The predicted molar refractivity (Wildman–Crippen MR) is 67.3 cm³/mol. The molecule has 16 heavy (non-hydrogen) atoms. The van der Waals surface area contributed by atoms with Crippen LogP contribution in [0.2, 0.25) is 5.02 Å². The van der Waals surface area contributed by atoms with Gasteiger partial charge in [0, 0.05) is 16.8 Å². The Balaban J connectivity index is 2.16. The van der Waals surface area contributed by atoms with Gasteiger partial charge in [-0.05, 0) is 35.7 Å². The van der Waals surface area contributed by atoms with Gasteiger partial charge in [-0.25, -0.2) is 0 Å². The minimum atomic E-state index is 0.276. The van der Waals surface area contributed by atoms with Gasteiger partial charge in [-0.1, -0.05) is 23.7 Å². The summed E-state index contributed by atoms with van der Waals surface area (Å²) in [4.78, 5) is 0. The highest BCUT2D eigenvalue weighted by atomic mass is 35.5. The van der Waals surface area contributed by atoms with Crippen LogP contribution in [0.1, 0.15) is 17.0 Å². The highest BCUT2D eigenvalue weighted by Crippen LogP contribution is 2.24. The van der Waals surface area contributed by atoms with E-state index in [9.17, 15) is 0 Å². The first-order valence-electron chi connectivity index (χ1n) is 5.12. The van der Waals surface area contributed by atoms with Crippen LogP contribution in [-0.2, 0) is 6.42 Å². The lowest BCUT2D eigenvalue weighted by atomic mass is 9.95. The van der Waals surface area contributed by atoms with Crippen LogP contribution >= 0.6 is 23.2 Å². The van der Waals surface area contributed by atoms with Crippen molar-refractivity contribution in [1.29, 1.82) is 0 Å². The largest absolute Gasteiger partial charge is 0.472 e. The molecule has 1 heterocycles. The van der Waals surface area contributed by atoms with Crippen molar-refractivity contribution in [2.24, 2.45) is 0 Å². The van der Waals surface area contributed by atoms with Crippen molar-refractivity contribution < 1.29 is 4.42 Å². The number of hydrogen-bond donors (Lipinski definition) is 0. The minimum absolute atomic E-state index is 0.276. The third-order valence-electron chi connectivity index (χ3n) is 2.57. The summed E-state index contributed by atoms with van der Waals surface area (Å²) in [6.45, 7) is 0. The molecule has 0 spiro atoms. The summed E-state index contributed by atoms with van der Waals surface area (Å²) < 4.78 is 5.05. The lowest BCUT2D eigenvalue weighted by molar-refractivity contribution is 0.562. The third kappa shape index (κ3) is 2.81. The molecule has 1 aromatic carbocycles. The Bertz CT molecular complexity index is 437. The zero-order valence-electron chi connectivity index (χ0n) is 8.70. The van der Waals surface area contributed by atoms with E-state index >= 15 is 0 Å². The van der Waals surface area contributed by atoms with Gasteiger partial charge in [-0.2, -0.15) is 0 Å². The van der Waals surface area contributed by atoms with E-state index in [1.54, 1.807) is 12.5 Å². The molecule has 84 valence electrons. The average molecular weight is 255 g/mol. The Hall–Kier alpha value is -0.920. The van der Waals surface area contributed by atoms with Crippen molar-refractivity contribution in [3.05, 3.63) is 59.0 Å². The first-order chi connectivity index (χ1) is 7.79. The first kappa shape index (κ1) is 11.6. The van der Waals surface area contributed by atoms with Gasteiger partial charge >= 0.3 is 0 Å². The van der Waals surface area contributed by atoms with Crippen LogP contribution in [0.4, 0.5) is 0 Å². The van der Waals surface area contributed by atoms with Crippen LogP contribution in [0.15, 0.2) is 47.3 Å². The normalized spacial score (nSPS) is 12.6. The van der Waals surface area contributed by atoms with Crippen LogP contribution in [0.5, 0.6) is 0 Å². The average Bonchev–Trinajstić information content (AvgIpc) is 2.78. The summed E-state index contributed by atoms with van der Waals surface area (Å²) in [7, 11) is 0. The van der Waals surface area contributed by atoms with Crippen molar-refractivity contribution in [3.8, 4) is 0 Å². The number of halogens is 2. The van der Waals surface area contributed by atoms with Gasteiger partial charge in [0.05, 0.1) is 12.5 Å². The molecule has 3 heteroatoms. The molecule has 0 aliphatic carbocycles. The van der Waals surface area contributed by atoms with Crippen LogP contribution in [0, 0.1) is 0 Å². The smallest absolute Gasteiger partial charge is 0.0934 e. The number of furan rings is 1. The predicted octanol–water partition coefficient (Wildman–Crippen LogP) is 4.50. The SMILES string of the molecule is ClCC(Cc1ccoc1)c1cccc(Cl)c1. The number of benzene rings is 1. The molecule has 0 saturated carbocycles. The summed E-state index contributed by atoms with van der Waals surface area (Å²) in [5, 5.41) is 0.750. The molecule has 1 unspecified atom stereocenters. The zero-order chi connectivity index (χ0) is 11.4. The maximum absolute atomic E-state index is 6.00. The summed E-state index contributed by atoms with van der Waals surface area (Å²) in [5.41, 5.74) is 2.33. The second-order valence-electron chi connectivity index (χ2n) is 3.74. The second kappa shape index (κ2) is 5.42. The highest BCUT2D eigenvalue weighted by Gasteiger charge is 2.12. The maximum atomic E-state index is 6.00. The van der Waals surface area contributed by atoms with E-state index in [0.29, 0.717) is 5.88 Å². The lowest BCUT2D eigenvalue weighted by Crippen LogP contribution is -2.03. The first-order valence-corrected chi connectivity index (χ1v) is 6.03. The van der Waals surface area contributed by atoms with E-state index < -0.39 is 0 Å². The molecule has 1 atom stereocenters. The monoisotopic (exact) mass is 254 g/mol. The van der Waals surface area contributed by atoms with Crippen molar-refractivity contribution in [2.45, 2.75) is 12.3 Å². The van der Waals surface area contributed by atoms with E-state index in [4.69, 9.17) is 27.6 Å². The summed E-state index contributed by atoms with van der Waals surface area (Å²) in [6.07, 6.45) is 4.31. The molecule has 0 aliphatic rings. The second-order valence-corrected chi connectivity index (χ2v) is 4.49. The van der Waals surface area contributed by atoms with Crippen LogP contribution < -0.4 is 0 Å². The quantitative estimate of drug-likeness (QED) is 0.733. The van der Waals surface area contributed by atoms with Gasteiger partial charge in [0.25, 0.3) is 0 Å². The molecule has 1 nitrogen and oxygen atoms in total. The maximum Gasteiger partial charge on any atom is 0.0934 e. The number of alkyl halides is 1. The Morgan fingerprint density at radius 3 is 2.75 bits per heavy atom. The third-order valence-corrected chi connectivity index (χ3v) is 3.18. The fourth-order valence-electron chi connectivity index (χ4n) is 1.72. The van der Waals surface area contributed by atoms with Crippen molar-refractivity contribution in [3.63, 3.8) is 0 Å². The fraction of sp³-hybridized carbons (Fsp3) is 0.231. The topological polar surface area (TPSA) is 13.1 Å². The van der Waals surface area contributed by atoms with Gasteiger partial charge in [-0.3, -0.25) is 0 Å². The highest BCUT2D eigenvalue weighted by molar-refractivity contribution is 6.30. The fourth-order valence-corrected chi connectivity index (χ4v) is 2.20. The molecule has 0 fully saturated rings. The van der Waals surface area contributed by atoms with E-state index in [2.05, 4.69) is 6.07 Å². The molecule has 0 N–H and O–H groups in total. The van der Waals surface area contributed by atoms with Crippen LogP contribution in [-0.4, -0.2) is 5.88 Å². The zero-order valence-corrected chi connectivity index (χ0v) is 10.2. The molecular formula is C13H12Cl2O. The Morgan fingerprint density at radius 2 is 2.12 bits per heavy atom. The lowest BCUT2D eigenvalue weighted by Gasteiger charge is -2.13. The Kier molecular flexibility index (Phi) is 3.92. The Morgan fingerprint density at radius 1 is 1.25 bits per heavy atom.